The van der Waals surface area contributed by atoms with Crippen LogP contribution in [0, 0.1) is 0 Å². The minimum Gasteiger partial charge on any atom is -0.497 e. The monoisotopic (exact) mass is 377 g/mol. The van der Waals surface area contributed by atoms with Crippen LogP contribution in [0.25, 0.3) is 0 Å². The van der Waals surface area contributed by atoms with Crippen LogP contribution in [-0.4, -0.2) is 18.0 Å². The minimum absolute atomic E-state index is 0.497. The fourth-order valence-electron chi connectivity index (χ4n) is 2.30. The molecule has 2 aromatic carbocycles. The number of anilines is 1. The molecular formula is C16H15Cl4NO. The van der Waals surface area contributed by atoms with E-state index in [0.717, 1.165) is 17.0 Å². The third-order valence-corrected chi connectivity index (χ3v) is 4.30. The maximum absolute atomic E-state index is 6.26. The molecule has 6 heteroatoms. The number of hydrogen-bond donors (Lipinski definition) is 0. The quantitative estimate of drug-likeness (QED) is 0.614. The summed E-state index contributed by atoms with van der Waals surface area (Å²) in [5.74, 6) is 0.743. The van der Waals surface area contributed by atoms with Gasteiger partial charge in [-0.15, -0.1) is 0 Å². The smallest absolute Gasteiger partial charge is 0.214 e. The van der Waals surface area contributed by atoms with Gasteiger partial charge in [-0.1, -0.05) is 70.7 Å². The number of halogens is 4. The van der Waals surface area contributed by atoms with Crippen LogP contribution in [0.5, 0.6) is 5.75 Å². The topological polar surface area (TPSA) is 12.5 Å². The van der Waals surface area contributed by atoms with E-state index in [0.29, 0.717) is 5.02 Å². The fourth-order valence-corrected chi connectivity index (χ4v) is 3.38. The summed E-state index contributed by atoms with van der Waals surface area (Å²) < 4.78 is 3.64. The molecule has 2 aromatic rings. The van der Waals surface area contributed by atoms with E-state index >= 15 is 0 Å². The molecule has 1 atom stereocenters. The van der Waals surface area contributed by atoms with Crippen LogP contribution < -0.4 is 9.64 Å². The van der Waals surface area contributed by atoms with Crippen LogP contribution in [0.3, 0.4) is 0 Å². The molecule has 0 saturated heterocycles. The van der Waals surface area contributed by atoms with Crippen molar-refractivity contribution in [1.29, 1.82) is 0 Å². The average Bonchev–Trinajstić information content (AvgIpc) is 2.47. The molecule has 0 fully saturated rings. The Morgan fingerprint density at radius 1 is 1.00 bits per heavy atom. The maximum atomic E-state index is 6.26. The molecular weight excluding hydrogens is 364 g/mol. The summed E-state index contributed by atoms with van der Waals surface area (Å²) in [6.07, 6.45) is 0. The lowest BCUT2D eigenvalue weighted by atomic mass is 10.1. The standard InChI is InChI=1S/C16H15Cl4NO/c1-21(14-6-4-3-5-13(14)17)15(16(18,19)20)11-7-9-12(22-2)10-8-11/h3-10,15H,1-2H3. The number of alkyl halides is 3. The van der Waals surface area contributed by atoms with E-state index in [1.807, 2.05) is 54.4 Å². The zero-order chi connectivity index (χ0) is 16.3. The summed E-state index contributed by atoms with van der Waals surface area (Å²) in [5, 5.41) is 0.595. The molecule has 22 heavy (non-hydrogen) atoms. The van der Waals surface area contributed by atoms with Gasteiger partial charge < -0.3 is 9.64 Å². The number of benzene rings is 2. The number of ether oxygens (including phenoxy) is 1. The largest absolute Gasteiger partial charge is 0.497 e. The number of hydrogen-bond acceptors (Lipinski definition) is 2. The lowest BCUT2D eigenvalue weighted by molar-refractivity contribution is 0.414. The van der Waals surface area contributed by atoms with Gasteiger partial charge in [-0.05, 0) is 29.8 Å². The van der Waals surface area contributed by atoms with Crippen LogP contribution in [0.4, 0.5) is 5.69 Å². The van der Waals surface area contributed by atoms with E-state index in [1.165, 1.54) is 0 Å². The molecule has 2 nitrogen and oxygen atoms in total. The molecule has 0 heterocycles. The Morgan fingerprint density at radius 2 is 1.59 bits per heavy atom. The number of nitrogens with zero attached hydrogens (tertiary/aromatic N) is 1. The van der Waals surface area contributed by atoms with Crippen LogP contribution >= 0.6 is 46.4 Å². The Morgan fingerprint density at radius 3 is 2.09 bits per heavy atom. The third kappa shape index (κ3) is 3.94. The molecule has 118 valence electrons. The average molecular weight is 379 g/mol. The SMILES string of the molecule is COc1ccc(C(N(C)c2ccccc2Cl)C(Cl)(Cl)Cl)cc1. The lowest BCUT2D eigenvalue weighted by Crippen LogP contribution is -2.34. The van der Waals surface area contributed by atoms with Gasteiger partial charge in [-0.2, -0.15) is 0 Å². The van der Waals surface area contributed by atoms with Gasteiger partial charge in [0.25, 0.3) is 0 Å². The van der Waals surface area contributed by atoms with E-state index in [-0.39, 0.29) is 0 Å². The van der Waals surface area contributed by atoms with Crippen LogP contribution in [-0.2, 0) is 0 Å². The highest BCUT2D eigenvalue weighted by atomic mass is 35.6. The van der Waals surface area contributed by atoms with Gasteiger partial charge in [0.15, 0.2) is 0 Å². The summed E-state index contributed by atoms with van der Waals surface area (Å²) in [6, 6.07) is 14.4. The van der Waals surface area contributed by atoms with Gasteiger partial charge in [0, 0.05) is 7.05 Å². The van der Waals surface area contributed by atoms with Crippen molar-refractivity contribution in [3.8, 4) is 5.75 Å². The fraction of sp³-hybridized carbons (Fsp3) is 0.250. The molecule has 0 aliphatic carbocycles. The molecule has 0 aromatic heterocycles. The van der Waals surface area contributed by atoms with Gasteiger partial charge in [-0.25, -0.2) is 0 Å². The lowest BCUT2D eigenvalue weighted by Gasteiger charge is -2.35. The van der Waals surface area contributed by atoms with Crippen molar-refractivity contribution in [3.05, 3.63) is 59.1 Å². The van der Waals surface area contributed by atoms with Crippen molar-refractivity contribution >= 4 is 52.1 Å². The van der Waals surface area contributed by atoms with Gasteiger partial charge in [0.1, 0.15) is 11.8 Å². The summed E-state index contributed by atoms with van der Waals surface area (Å²) >= 11 is 24.9. The molecule has 0 saturated carbocycles. The van der Waals surface area contributed by atoms with E-state index < -0.39 is 9.83 Å². The number of methoxy groups -OCH3 is 1. The highest BCUT2D eigenvalue weighted by Gasteiger charge is 2.37. The second-order valence-corrected chi connectivity index (χ2v) is 7.56. The van der Waals surface area contributed by atoms with Crippen molar-refractivity contribution in [2.75, 3.05) is 19.1 Å². The Kier molecular flexibility index (Phi) is 5.73. The van der Waals surface area contributed by atoms with Crippen LogP contribution in [0.2, 0.25) is 5.02 Å². The molecule has 0 amide bonds. The first kappa shape index (κ1) is 17.6. The molecule has 2 rings (SSSR count). The van der Waals surface area contributed by atoms with Crippen molar-refractivity contribution in [1.82, 2.24) is 0 Å². The van der Waals surface area contributed by atoms with Crippen molar-refractivity contribution in [2.24, 2.45) is 0 Å². The number of rotatable bonds is 4. The zero-order valence-corrected chi connectivity index (χ0v) is 15.1. The molecule has 0 aliphatic rings. The third-order valence-electron chi connectivity index (χ3n) is 3.36. The normalized spacial score (nSPS) is 12.8. The Bertz CT molecular complexity index is 625. The molecule has 0 spiro atoms. The summed E-state index contributed by atoms with van der Waals surface area (Å²) in [5.41, 5.74) is 1.64. The predicted octanol–water partition coefficient (Wildman–Crippen LogP) is 5.90. The summed E-state index contributed by atoms with van der Waals surface area (Å²) in [7, 11) is 3.45. The maximum Gasteiger partial charge on any atom is 0.214 e. The molecule has 0 aliphatic heterocycles. The zero-order valence-electron chi connectivity index (χ0n) is 12.1. The van der Waals surface area contributed by atoms with E-state index in [2.05, 4.69) is 0 Å². The predicted molar refractivity (Wildman–Crippen MR) is 95.9 cm³/mol. The molecule has 0 radical (unpaired) electrons. The first-order valence-electron chi connectivity index (χ1n) is 6.52. The Labute approximate surface area is 150 Å². The Hall–Kier alpha value is -0.800. The van der Waals surface area contributed by atoms with Gasteiger partial charge >= 0.3 is 0 Å². The van der Waals surface area contributed by atoms with E-state index in [9.17, 15) is 0 Å². The molecule has 1 unspecified atom stereocenters. The van der Waals surface area contributed by atoms with Crippen molar-refractivity contribution < 1.29 is 4.74 Å². The first-order chi connectivity index (χ1) is 10.3. The summed E-state index contributed by atoms with van der Waals surface area (Å²) in [4.78, 5) is 1.86. The molecule has 0 N–H and O–H groups in total. The van der Waals surface area contributed by atoms with Gasteiger partial charge in [-0.3, -0.25) is 0 Å². The minimum atomic E-state index is -1.53. The Balaban J connectivity index is 2.44. The van der Waals surface area contributed by atoms with Gasteiger partial charge in [0.2, 0.25) is 3.79 Å². The number of para-hydroxylation sites is 1. The van der Waals surface area contributed by atoms with Crippen LogP contribution in [0.15, 0.2) is 48.5 Å². The summed E-state index contributed by atoms with van der Waals surface area (Å²) in [6.45, 7) is 0. The van der Waals surface area contributed by atoms with Gasteiger partial charge in [0.05, 0.1) is 17.8 Å². The second-order valence-electron chi connectivity index (χ2n) is 4.78. The second kappa shape index (κ2) is 7.18. The highest BCUT2D eigenvalue weighted by Crippen LogP contribution is 2.46. The van der Waals surface area contributed by atoms with Crippen molar-refractivity contribution in [2.45, 2.75) is 9.83 Å². The van der Waals surface area contributed by atoms with E-state index in [1.54, 1.807) is 13.2 Å². The highest BCUT2D eigenvalue weighted by molar-refractivity contribution is 6.68. The van der Waals surface area contributed by atoms with Crippen LogP contribution in [0.1, 0.15) is 11.6 Å². The van der Waals surface area contributed by atoms with Crippen molar-refractivity contribution in [3.63, 3.8) is 0 Å². The van der Waals surface area contributed by atoms with E-state index in [4.69, 9.17) is 51.1 Å². The first-order valence-corrected chi connectivity index (χ1v) is 8.04. The molecule has 0 bridgehead atoms.